The zero-order chi connectivity index (χ0) is 41.4. The minimum absolute atomic E-state index is 0.138. The molecule has 4 aromatic rings. The van der Waals surface area contributed by atoms with Gasteiger partial charge in [-0.25, -0.2) is 9.59 Å². The number of hydrogen-bond acceptors (Lipinski definition) is 11. The number of hydrogen-bond donors (Lipinski definition) is 0. The second-order valence-electron chi connectivity index (χ2n) is 14.7. The molecule has 0 aromatic heterocycles. The summed E-state index contributed by atoms with van der Waals surface area (Å²) in [4.78, 5) is 39.5. The van der Waals surface area contributed by atoms with Gasteiger partial charge in [0.15, 0.2) is 0 Å². The molecule has 2 aliphatic heterocycles. The molecule has 0 N–H and O–H groups in total. The van der Waals surface area contributed by atoms with Gasteiger partial charge in [0.1, 0.15) is 29.8 Å². The molecule has 2 fully saturated rings. The van der Waals surface area contributed by atoms with Crippen LogP contribution in [0, 0.1) is 5.92 Å². The van der Waals surface area contributed by atoms with Crippen LogP contribution in [0.15, 0.2) is 109 Å². The van der Waals surface area contributed by atoms with Gasteiger partial charge in [0, 0.05) is 19.2 Å². The predicted molar refractivity (Wildman–Crippen MR) is 219 cm³/mol. The zero-order valence-electron chi connectivity index (χ0n) is 34.1. The molecule has 0 bridgehead atoms. The van der Waals surface area contributed by atoms with Crippen LogP contribution in [0.25, 0.3) is 0 Å². The molecule has 0 aliphatic carbocycles. The number of carbonyl (C=O) groups is 3. The Morgan fingerprint density at radius 1 is 0.712 bits per heavy atom. The summed E-state index contributed by atoms with van der Waals surface area (Å²) >= 11 is 0. The second kappa shape index (κ2) is 22.2. The summed E-state index contributed by atoms with van der Waals surface area (Å²) in [6.07, 6.45) is -0.516. The molecule has 6 rings (SSSR count). The van der Waals surface area contributed by atoms with Crippen LogP contribution in [0.1, 0.15) is 66.6 Å². The van der Waals surface area contributed by atoms with E-state index in [-0.39, 0.29) is 42.0 Å². The fourth-order valence-electron chi connectivity index (χ4n) is 7.40. The summed E-state index contributed by atoms with van der Waals surface area (Å²) in [6, 6.07) is 34.7. The molecule has 59 heavy (non-hydrogen) atoms. The van der Waals surface area contributed by atoms with Crippen molar-refractivity contribution in [3.63, 3.8) is 0 Å². The van der Waals surface area contributed by atoms with Crippen molar-refractivity contribution >= 4 is 18.0 Å². The number of methoxy groups -OCH3 is 1. The first-order valence-electron chi connectivity index (χ1n) is 20.4. The average Bonchev–Trinajstić information content (AvgIpc) is 3.27. The highest BCUT2D eigenvalue weighted by Gasteiger charge is 2.46. The van der Waals surface area contributed by atoms with E-state index in [1.54, 1.807) is 19.1 Å². The van der Waals surface area contributed by atoms with E-state index in [1.165, 1.54) is 18.1 Å². The third kappa shape index (κ3) is 12.6. The van der Waals surface area contributed by atoms with Gasteiger partial charge in [-0.2, -0.15) is 0 Å². The van der Waals surface area contributed by atoms with E-state index in [0.29, 0.717) is 70.9 Å². The number of nitrogens with zero attached hydrogens (tertiary/aromatic N) is 1. The first kappa shape index (κ1) is 43.3. The molecule has 4 aromatic carbocycles. The normalized spacial score (nSPS) is 20.7. The molecule has 2 saturated heterocycles. The van der Waals surface area contributed by atoms with E-state index < -0.39 is 30.4 Å². The van der Waals surface area contributed by atoms with Gasteiger partial charge in [0.25, 0.3) is 0 Å². The summed E-state index contributed by atoms with van der Waals surface area (Å²) in [7, 11) is 1.28. The molecule has 5 atom stereocenters. The van der Waals surface area contributed by atoms with Crippen LogP contribution in [0.5, 0.6) is 11.5 Å². The summed E-state index contributed by atoms with van der Waals surface area (Å²) in [5.41, 5.74) is 3.29. The van der Waals surface area contributed by atoms with Crippen LogP contribution in [0.3, 0.4) is 0 Å². The quantitative estimate of drug-likeness (QED) is 0.0718. The van der Waals surface area contributed by atoms with Gasteiger partial charge in [-0.1, -0.05) is 91.0 Å². The van der Waals surface area contributed by atoms with E-state index in [1.807, 2.05) is 97.9 Å². The highest BCUT2D eigenvalue weighted by Crippen LogP contribution is 2.33. The first-order chi connectivity index (χ1) is 28.8. The van der Waals surface area contributed by atoms with Crippen LogP contribution >= 0.6 is 0 Å². The van der Waals surface area contributed by atoms with Crippen LogP contribution in [-0.4, -0.2) is 86.9 Å². The third-order valence-corrected chi connectivity index (χ3v) is 10.5. The zero-order valence-corrected chi connectivity index (χ0v) is 34.1. The molecule has 0 unspecified atom stereocenters. The minimum atomic E-state index is -0.600. The van der Waals surface area contributed by atoms with Crippen LogP contribution < -0.4 is 9.47 Å². The summed E-state index contributed by atoms with van der Waals surface area (Å²) in [6.45, 7) is 6.18. The van der Waals surface area contributed by atoms with E-state index in [0.717, 1.165) is 16.7 Å². The Morgan fingerprint density at radius 2 is 1.25 bits per heavy atom. The van der Waals surface area contributed by atoms with Crippen molar-refractivity contribution in [1.29, 1.82) is 0 Å². The number of esters is 2. The topological polar surface area (TPSA) is 128 Å². The van der Waals surface area contributed by atoms with Crippen LogP contribution in [0.2, 0.25) is 0 Å². The van der Waals surface area contributed by atoms with Crippen molar-refractivity contribution in [3.8, 4) is 11.5 Å². The smallest absolute Gasteiger partial charge is 0.415 e. The molecular formula is C47H55NO11. The molecule has 12 nitrogen and oxygen atoms in total. The number of carbonyl (C=O) groups excluding carboxylic acids is 3. The molecule has 0 radical (unpaired) electrons. The molecule has 12 heteroatoms. The number of piperidine rings is 1. The van der Waals surface area contributed by atoms with E-state index in [2.05, 4.69) is 0 Å². The summed E-state index contributed by atoms with van der Waals surface area (Å²) in [5, 5.41) is 0. The monoisotopic (exact) mass is 809 g/mol. The standard InChI is InChI=1S/C47H55NO11/c1-4-53-46(50)37-22-24-48(25-23-37)47(51)59-40-28-38(45(49)52-3)27-39(29-40)54-26-14-21-41-43(56-31-35-17-10-6-11-18-35)44(57-32-36-19-12-7-13-20-36)42(33(2)58-41)55-30-34-15-8-5-9-16-34/h5-13,15-20,27-29,33,37,41-44H,4,14,21-26,30-32H2,1-3H3/t33-,41-,42+,43+,44+/m0/s1. The Hall–Kier alpha value is -5.27. The number of rotatable bonds is 18. The van der Waals surface area contributed by atoms with Gasteiger partial charge in [0.05, 0.1) is 63.8 Å². The number of benzene rings is 4. The number of ether oxygens (including phenoxy) is 8. The molecule has 2 aliphatic rings. The minimum Gasteiger partial charge on any atom is -0.493 e. The highest BCUT2D eigenvalue weighted by atomic mass is 16.6. The van der Waals surface area contributed by atoms with Gasteiger partial charge in [-0.15, -0.1) is 0 Å². The lowest BCUT2D eigenvalue weighted by atomic mass is 9.92. The summed E-state index contributed by atoms with van der Waals surface area (Å²) < 4.78 is 48.8. The molecule has 0 spiro atoms. The third-order valence-electron chi connectivity index (χ3n) is 10.5. The lowest BCUT2D eigenvalue weighted by Crippen LogP contribution is -2.59. The lowest BCUT2D eigenvalue weighted by molar-refractivity contribution is -0.262. The maximum Gasteiger partial charge on any atom is 0.415 e. The molecule has 0 saturated carbocycles. The van der Waals surface area contributed by atoms with Gasteiger partial charge >= 0.3 is 18.0 Å². The molecule has 314 valence electrons. The summed E-state index contributed by atoms with van der Waals surface area (Å²) in [5.74, 6) is -0.626. The Balaban J connectivity index is 1.13. The van der Waals surface area contributed by atoms with Crippen LogP contribution in [-0.2, 0) is 53.0 Å². The number of amides is 1. The number of likely N-dealkylation sites (tertiary alicyclic amines) is 1. The Bertz CT molecular complexity index is 1900. The average molecular weight is 810 g/mol. The van der Waals surface area contributed by atoms with Crippen molar-refractivity contribution < 1.29 is 52.3 Å². The van der Waals surface area contributed by atoms with E-state index in [4.69, 9.17) is 37.9 Å². The fourth-order valence-corrected chi connectivity index (χ4v) is 7.40. The fraction of sp³-hybridized carbons (Fsp3) is 0.426. The van der Waals surface area contributed by atoms with Gasteiger partial charge < -0.3 is 42.8 Å². The maximum absolute atomic E-state index is 13.1. The first-order valence-corrected chi connectivity index (χ1v) is 20.4. The molecule has 2 heterocycles. The SMILES string of the molecule is CCOC(=O)C1CCN(C(=O)Oc2cc(OCCC[C@@H]3O[C@@H](C)[C@@H](OCc4ccccc4)[C@@H](OCc4ccccc4)[C@@H]3OCc3ccccc3)cc(C(=O)OC)c2)CC1. The van der Waals surface area contributed by atoms with Crippen molar-refractivity contribution in [1.82, 2.24) is 4.90 Å². The Labute approximate surface area is 346 Å². The molecule has 1 amide bonds. The highest BCUT2D eigenvalue weighted by molar-refractivity contribution is 5.90. The van der Waals surface area contributed by atoms with Crippen molar-refractivity contribution in [2.24, 2.45) is 5.92 Å². The van der Waals surface area contributed by atoms with E-state index >= 15 is 0 Å². The Kier molecular flexibility index (Phi) is 16.3. The lowest BCUT2D eigenvalue weighted by Gasteiger charge is -2.45. The largest absolute Gasteiger partial charge is 0.493 e. The van der Waals surface area contributed by atoms with E-state index in [9.17, 15) is 14.4 Å². The predicted octanol–water partition coefficient (Wildman–Crippen LogP) is 7.95. The Morgan fingerprint density at radius 3 is 1.81 bits per heavy atom. The van der Waals surface area contributed by atoms with Gasteiger partial charge in [0.2, 0.25) is 0 Å². The van der Waals surface area contributed by atoms with Gasteiger partial charge in [-0.05, 0) is 68.4 Å². The molecular weight excluding hydrogens is 755 g/mol. The maximum atomic E-state index is 13.1. The van der Waals surface area contributed by atoms with Crippen molar-refractivity contribution in [2.75, 3.05) is 33.4 Å². The van der Waals surface area contributed by atoms with Gasteiger partial charge in [-0.3, -0.25) is 4.79 Å². The second-order valence-corrected chi connectivity index (χ2v) is 14.7. The van der Waals surface area contributed by atoms with Crippen molar-refractivity contribution in [3.05, 3.63) is 131 Å². The van der Waals surface area contributed by atoms with Crippen molar-refractivity contribution in [2.45, 2.75) is 89.9 Å². The van der Waals surface area contributed by atoms with Crippen LogP contribution in [0.4, 0.5) is 4.79 Å².